The first-order valence-electron chi connectivity index (χ1n) is 5.29. The summed E-state index contributed by atoms with van der Waals surface area (Å²) in [6, 6.07) is 7.66. The Morgan fingerprint density at radius 1 is 1.41 bits per heavy atom. The Balaban J connectivity index is 2.15. The highest BCUT2D eigenvalue weighted by atomic mass is 16.6. The highest BCUT2D eigenvalue weighted by Crippen LogP contribution is 2.24. The summed E-state index contributed by atoms with van der Waals surface area (Å²) in [7, 11) is 3.94. The third kappa shape index (κ3) is 2.76. The molecule has 1 aromatic heterocycles. The largest absolute Gasteiger partial charge is 0.417 e. The van der Waals surface area contributed by atoms with Crippen molar-refractivity contribution in [3.8, 4) is 11.8 Å². The number of nitrogens with two attached hydrogens (primary N) is 1. The minimum absolute atomic E-state index is 0.210. The zero-order valence-corrected chi connectivity index (χ0v) is 9.88. The molecule has 5 heteroatoms. The van der Waals surface area contributed by atoms with Crippen molar-refractivity contribution in [2.75, 3.05) is 19.0 Å². The molecule has 0 aliphatic heterocycles. The first-order chi connectivity index (χ1) is 8.19. The standard InChI is InChI=1S/C12H15N3O2/c1-15(2)10-4-3-5-11(6-10)17-12-14-9(7-13)8-16-12/h3-6,8H,7,13H2,1-2H3. The lowest BCUT2D eigenvalue weighted by atomic mass is 10.3. The third-order valence-electron chi connectivity index (χ3n) is 2.28. The Bertz CT molecular complexity index is 494. The van der Waals surface area contributed by atoms with Crippen LogP contribution in [-0.2, 0) is 6.54 Å². The van der Waals surface area contributed by atoms with E-state index in [2.05, 4.69) is 4.98 Å². The van der Waals surface area contributed by atoms with Crippen LogP contribution < -0.4 is 15.4 Å². The van der Waals surface area contributed by atoms with Crippen molar-refractivity contribution in [2.24, 2.45) is 5.73 Å². The van der Waals surface area contributed by atoms with Crippen molar-refractivity contribution in [1.82, 2.24) is 4.98 Å². The molecule has 0 spiro atoms. The van der Waals surface area contributed by atoms with E-state index in [0.717, 1.165) is 5.69 Å². The molecular formula is C12H15N3O2. The van der Waals surface area contributed by atoms with Crippen LogP contribution in [0.4, 0.5) is 5.69 Å². The van der Waals surface area contributed by atoms with Gasteiger partial charge in [0.05, 0.1) is 5.69 Å². The molecule has 0 aliphatic carbocycles. The van der Waals surface area contributed by atoms with Gasteiger partial charge in [0.1, 0.15) is 12.0 Å². The Morgan fingerprint density at radius 2 is 2.24 bits per heavy atom. The fraction of sp³-hybridized carbons (Fsp3) is 0.250. The highest BCUT2D eigenvalue weighted by molar-refractivity contribution is 5.49. The number of hydrogen-bond donors (Lipinski definition) is 1. The van der Waals surface area contributed by atoms with E-state index in [-0.39, 0.29) is 6.08 Å². The molecule has 0 bridgehead atoms. The molecule has 0 saturated carbocycles. The molecule has 1 heterocycles. The highest BCUT2D eigenvalue weighted by Gasteiger charge is 2.06. The molecule has 0 saturated heterocycles. The van der Waals surface area contributed by atoms with E-state index in [4.69, 9.17) is 14.9 Å². The van der Waals surface area contributed by atoms with E-state index in [1.807, 2.05) is 43.3 Å². The molecule has 0 amide bonds. The Hall–Kier alpha value is -2.01. The van der Waals surface area contributed by atoms with Crippen molar-refractivity contribution in [3.05, 3.63) is 36.2 Å². The molecule has 1 aromatic carbocycles. The van der Waals surface area contributed by atoms with Crippen LogP contribution in [-0.4, -0.2) is 19.1 Å². The van der Waals surface area contributed by atoms with Crippen LogP contribution in [0.1, 0.15) is 5.69 Å². The maximum absolute atomic E-state index is 5.49. The number of benzene rings is 1. The van der Waals surface area contributed by atoms with Crippen molar-refractivity contribution in [1.29, 1.82) is 0 Å². The van der Waals surface area contributed by atoms with Gasteiger partial charge in [-0.3, -0.25) is 0 Å². The number of anilines is 1. The molecule has 2 N–H and O–H groups in total. The van der Waals surface area contributed by atoms with Crippen LogP contribution in [0.15, 0.2) is 34.9 Å². The van der Waals surface area contributed by atoms with Gasteiger partial charge in [-0.15, -0.1) is 0 Å². The monoisotopic (exact) mass is 233 g/mol. The summed E-state index contributed by atoms with van der Waals surface area (Å²) in [5, 5.41) is 0. The number of hydrogen-bond acceptors (Lipinski definition) is 5. The van der Waals surface area contributed by atoms with Crippen molar-refractivity contribution >= 4 is 5.69 Å². The second-order valence-corrected chi connectivity index (χ2v) is 3.80. The number of aromatic nitrogens is 1. The lowest BCUT2D eigenvalue weighted by Gasteiger charge is -2.12. The predicted octanol–water partition coefficient (Wildman–Crippen LogP) is 1.99. The number of rotatable bonds is 4. The molecule has 0 unspecified atom stereocenters. The fourth-order valence-electron chi connectivity index (χ4n) is 1.36. The molecule has 0 fully saturated rings. The van der Waals surface area contributed by atoms with Crippen LogP contribution in [0.3, 0.4) is 0 Å². The van der Waals surface area contributed by atoms with E-state index in [1.165, 1.54) is 6.26 Å². The Kier molecular flexibility index (Phi) is 3.30. The van der Waals surface area contributed by atoms with Gasteiger partial charge in [0, 0.05) is 32.4 Å². The zero-order chi connectivity index (χ0) is 12.3. The first kappa shape index (κ1) is 11.5. The van der Waals surface area contributed by atoms with E-state index in [0.29, 0.717) is 18.0 Å². The maximum Gasteiger partial charge on any atom is 0.399 e. The van der Waals surface area contributed by atoms with Gasteiger partial charge in [0.25, 0.3) is 0 Å². The van der Waals surface area contributed by atoms with Crippen LogP contribution in [0.2, 0.25) is 0 Å². The van der Waals surface area contributed by atoms with Gasteiger partial charge in [0.2, 0.25) is 0 Å². The van der Waals surface area contributed by atoms with E-state index < -0.39 is 0 Å². The average Bonchev–Trinajstić information content (AvgIpc) is 2.77. The van der Waals surface area contributed by atoms with Gasteiger partial charge in [0.15, 0.2) is 0 Å². The minimum Gasteiger partial charge on any atom is -0.417 e. The molecule has 0 radical (unpaired) electrons. The van der Waals surface area contributed by atoms with Crippen molar-refractivity contribution in [3.63, 3.8) is 0 Å². The number of ether oxygens (including phenoxy) is 1. The predicted molar refractivity (Wildman–Crippen MR) is 65.2 cm³/mol. The molecule has 0 atom stereocenters. The van der Waals surface area contributed by atoms with E-state index >= 15 is 0 Å². The molecular weight excluding hydrogens is 218 g/mol. The first-order valence-corrected chi connectivity index (χ1v) is 5.29. The quantitative estimate of drug-likeness (QED) is 0.874. The maximum atomic E-state index is 5.49. The summed E-state index contributed by atoms with van der Waals surface area (Å²) >= 11 is 0. The average molecular weight is 233 g/mol. The summed E-state index contributed by atoms with van der Waals surface area (Å²) in [6.07, 6.45) is 1.70. The summed E-state index contributed by atoms with van der Waals surface area (Å²) in [6.45, 7) is 0.338. The second-order valence-electron chi connectivity index (χ2n) is 3.80. The summed E-state index contributed by atoms with van der Waals surface area (Å²) < 4.78 is 10.6. The van der Waals surface area contributed by atoms with E-state index in [9.17, 15) is 0 Å². The van der Waals surface area contributed by atoms with Gasteiger partial charge in [-0.1, -0.05) is 6.07 Å². The van der Waals surface area contributed by atoms with Crippen molar-refractivity contribution < 1.29 is 9.15 Å². The summed E-state index contributed by atoms with van der Waals surface area (Å²) in [4.78, 5) is 6.06. The topological polar surface area (TPSA) is 64.5 Å². The SMILES string of the molecule is CN(C)c1cccc(Oc2nc(CN)co2)c1. The van der Waals surface area contributed by atoms with Crippen LogP contribution in [0.25, 0.3) is 0 Å². The minimum atomic E-state index is 0.210. The van der Waals surface area contributed by atoms with Crippen LogP contribution in [0.5, 0.6) is 11.8 Å². The van der Waals surface area contributed by atoms with Crippen LogP contribution in [0, 0.1) is 0 Å². The number of nitrogens with zero attached hydrogens (tertiary/aromatic N) is 2. The zero-order valence-electron chi connectivity index (χ0n) is 9.88. The van der Waals surface area contributed by atoms with Gasteiger partial charge < -0.3 is 19.8 Å². The summed E-state index contributed by atoms with van der Waals surface area (Å²) in [5.74, 6) is 0.682. The molecule has 2 rings (SSSR count). The van der Waals surface area contributed by atoms with E-state index in [1.54, 1.807) is 0 Å². The second kappa shape index (κ2) is 4.88. The molecule has 0 aliphatic rings. The summed E-state index contributed by atoms with van der Waals surface area (Å²) in [5.41, 5.74) is 7.15. The molecule has 5 nitrogen and oxygen atoms in total. The van der Waals surface area contributed by atoms with Gasteiger partial charge in [-0.05, 0) is 12.1 Å². The van der Waals surface area contributed by atoms with Gasteiger partial charge >= 0.3 is 6.08 Å². The number of oxazole rings is 1. The van der Waals surface area contributed by atoms with Crippen LogP contribution >= 0.6 is 0 Å². The Morgan fingerprint density at radius 3 is 2.88 bits per heavy atom. The van der Waals surface area contributed by atoms with Gasteiger partial charge in [-0.2, -0.15) is 4.98 Å². The normalized spacial score (nSPS) is 10.3. The fourth-order valence-corrected chi connectivity index (χ4v) is 1.36. The molecule has 90 valence electrons. The van der Waals surface area contributed by atoms with Crippen molar-refractivity contribution in [2.45, 2.75) is 6.54 Å². The third-order valence-corrected chi connectivity index (χ3v) is 2.28. The molecule has 17 heavy (non-hydrogen) atoms. The Labute approximate surface area is 99.8 Å². The lowest BCUT2D eigenvalue weighted by molar-refractivity contribution is 0.331. The van der Waals surface area contributed by atoms with Gasteiger partial charge in [-0.25, -0.2) is 0 Å². The molecule has 2 aromatic rings. The lowest BCUT2D eigenvalue weighted by Crippen LogP contribution is -2.08. The smallest absolute Gasteiger partial charge is 0.399 e.